The molecule has 0 aliphatic rings. The Morgan fingerprint density at radius 3 is 2.18 bits per heavy atom. The van der Waals surface area contributed by atoms with E-state index < -0.39 is 15.4 Å². The van der Waals surface area contributed by atoms with Gasteiger partial charge in [0.2, 0.25) is 0 Å². The Morgan fingerprint density at radius 2 is 1.64 bits per heavy atom. The second kappa shape index (κ2) is 8.11. The van der Waals surface area contributed by atoms with Crippen LogP contribution in [0.15, 0.2) is 24.3 Å². The zero-order chi connectivity index (χ0) is 16.8. The maximum absolute atomic E-state index is 11.9. The Balaban J connectivity index is 3.00. The van der Waals surface area contributed by atoms with E-state index in [1.165, 1.54) is 6.42 Å². The molecule has 0 fully saturated rings. The predicted octanol–water partition coefficient (Wildman–Crippen LogP) is 5.27. The van der Waals surface area contributed by atoms with Crippen molar-refractivity contribution in [1.82, 2.24) is 0 Å². The van der Waals surface area contributed by atoms with Crippen molar-refractivity contribution in [2.75, 3.05) is 0 Å². The summed E-state index contributed by atoms with van der Waals surface area (Å²) in [6.45, 7) is 8.34. The van der Waals surface area contributed by atoms with Crippen LogP contribution in [0.25, 0.3) is 0 Å². The summed E-state index contributed by atoms with van der Waals surface area (Å²) in [5.41, 5.74) is 1.58. The summed E-state index contributed by atoms with van der Waals surface area (Å²) >= 11 is 0. The van der Waals surface area contributed by atoms with Gasteiger partial charge in [-0.25, -0.2) is 0 Å². The zero-order valence-corrected chi connectivity index (χ0v) is 15.1. The predicted molar refractivity (Wildman–Crippen MR) is 92.8 cm³/mol. The van der Waals surface area contributed by atoms with Crippen molar-refractivity contribution in [1.29, 1.82) is 0 Å². The van der Waals surface area contributed by atoms with Crippen molar-refractivity contribution in [2.24, 2.45) is 0 Å². The van der Waals surface area contributed by atoms with E-state index in [0.717, 1.165) is 36.8 Å². The number of hydrogen-bond acceptors (Lipinski definition) is 2. The maximum atomic E-state index is 11.9. The van der Waals surface area contributed by atoms with E-state index in [4.69, 9.17) is 0 Å². The molecular weight excluding hydrogens is 296 g/mol. The molecule has 0 heterocycles. The molecule has 0 bridgehead atoms. The molecular formula is C18H30O3S. The highest BCUT2D eigenvalue weighted by molar-refractivity contribution is 7.86. The van der Waals surface area contributed by atoms with Crippen molar-refractivity contribution in [3.63, 3.8) is 0 Å². The third-order valence-corrected chi connectivity index (χ3v) is 5.25. The van der Waals surface area contributed by atoms with Crippen molar-refractivity contribution < 1.29 is 13.0 Å². The normalized spacial score (nSPS) is 14.0. The molecule has 22 heavy (non-hydrogen) atoms. The fourth-order valence-electron chi connectivity index (χ4n) is 2.86. The molecule has 3 nitrogen and oxygen atoms in total. The molecule has 0 aliphatic heterocycles. The third kappa shape index (κ3) is 5.73. The third-order valence-electron chi connectivity index (χ3n) is 4.05. The Labute approximate surface area is 135 Å². The van der Waals surface area contributed by atoms with Crippen molar-refractivity contribution in [3.8, 4) is 0 Å². The average molecular weight is 327 g/mol. The summed E-state index contributed by atoms with van der Waals surface area (Å²) in [6.07, 6.45) is 5.77. The highest BCUT2D eigenvalue weighted by Gasteiger charge is 2.29. The molecule has 0 spiro atoms. The second-order valence-electron chi connectivity index (χ2n) is 7.04. The van der Waals surface area contributed by atoms with Crippen molar-refractivity contribution in [2.45, 2.75) is 76.9 Å². The lowest BCUT2D eigenvalue weighted by Gasteiger charge is -2.26. The quantitative estimate of drug-likeness (QED) is 0.523. The van der Waals surface area contributed by atoms with E-state index in [0.29, 0.717) is 6.42 Å². The SMILES string of the molecule is CCCCCCCC(c1ccccc1C(C)(C)C)S(=O)(=O)O. The highest BCUT2D eigenvalue weighted by Crippen LogP contribution is 2.35. The molecule has 126 valence electrons. The summed E-state index contributed by atoms with van der Waals surface area (Å²) in [6, 6.07) is 7.57. The van der Waals surface area contributed by atoms with Crippen LogP contribution >= 0.6 is 0 Å². The first-order chi connectivity index (χ1) is 10.2. The Hall–Kier alpha value is -0.870. The van der Waals surface area contributed by atoms with Gasteiger partial charge in [0, 0.05) is 0 Å². The fourth-order valence-corrected chi connectivity index (χ4v) is 3.85. The van der Waals surface area contributed by atoms with E-state index in [1.54, 1.807) is 0 Å². The minimum Gasteiger partial charge on any atom is -0.285 e. The van der Waals surface area contributed by atoms with Gasteiger partial charge in [0.05, 0.1) is 0 Å². The Kier molecular flexibility index (Phi) is 7.07. The maximum Gasteiger partial charge on any atom is 0.271 e. The van der Waals surface area contributed by atoms with Crippen LogP contribution in [-0.4, -0.2) is 13.0 Å². The van der Waals surface area contributed by atoms with E-state index in [9.17, 15) is 13.0 Å². The van der Waals surface area contributed by atoms with Crippen molar-refractivity contribution >= 4 is 10.1 Å². The van der Waals surface area contributed by atoms with Gasteiger partial charge in [0.15, 0.2) is 0 Å². The first-order valence-electron chi connectivity index (χ1n) is 8.23. The number of unbranched alkanes of at least 4 members (excludes halogenated alkanes) is 4. The highest BCUT2D eigenvalue weighted by atomic mass is 32.2. The molecule has 1 atom stereocenters. The van der Waals surface area contributed by atoms with Crippen LogP contribution in [0.1, 0.15) is 82.6 Å². The molecule has 0 saturated carbocycles. The van der Waals surface area contributed by atoms with Crippen LogP contribution in [-0.2, 0) is 15.5 Å². The topological polar surface area (TPSA) is 54.4 Å². The molecule has 1 unspecified atom stereocenters. The first-order valence-corrected chi connectivity index (χ1v) is 9.74. The zero-order valence-electron chi connectivity index (χ0n) is 14.3. The van der Waals surface area contributed by atoms with E-state index in [-0.39, 0.29) is 5.41 Å². The summed E-state index contributed by atoms with van der Waals surface area (Å²) in [4.78, 5) is 0. The summed E-state index contributed by atoms with van der Waals surface area (Å²) in [7, 11) is -4.09. The van der Waals surface area contributed by atoms with E-state index in [2.05, 4.69) is 27.7 Å². The first kappa shape index (κ1) is 19.2. The van der Waals surface area contributed by atoms with Gasteiger partial charge in [-0.1, -0.05) is 84.1 Å². The van der Waals surface area contributed by atoms with Gasteiger partial charge in [-0.3, -0.25) is 4.55 Å². The fraction of sp³-hybridized carbons (Fsp3) is 0.667. The van der Waals surface area contributed by atoms with Gasteiger partial charge in [0.25, 0.3) is 10.1 Å². The molecule has 0 aliphatic carbocycles. The minimum atomic E-state index is -4.09. The number of rotatable bonds is 8. The average Bonchev–Trinajstić information content (AvgIpc) is 2.40. The van der Waals surface area contributed by atoms with Crippen LogP contribution < -0.4 is 0 Å². The molecule has 4 heteroatoms. The van der Waals surface area contributed by atoms with Gasteiger partial charge >= 0.3 is 0 Å². The minimum absolute atomic E-state index is 0.151. The summed E-state index contributed by atoms with van der Waals surface area (Å²) in [5.74, 6) is 0. The van der Waals surface area contributed by atoms with Gasteiger partial charge in [-0.2, -0.15) is 8.42 Å². The smallest absolute Gasteiger partial charge is 0.271 e. The van der Waals surface area contributed by atoms with Crippen LogP contribution in [0.2, 0.25) is 0 Å². The summed E-state index contributed by atoms with van der Waals surface area (Å²) < 4.78 is 33.5. The van der Waals surface area contributed by atoms with Crippen LogP contribution in [0.3, 0.4) is 0 Å². The molecule has 1 rings (SSSR count). The molecule has 0 aromatic heterocycles. The molecule has 0 amide bonds. The largest absolute Gasteiger partial charge is 0.285 e. The van der Waals surface area contributed by atoms with Gasteiger partial charge in [-0.15, -0.1) is 0 Å². The van der Waals surface area contributed by atoms with Crippen LogP contribution in [0.4, 0.5) is 0 Å². The van der Waals surface area contributed by atoms with Gasteiger partial charge in [-0.05, 0) is 23.0 Å². The monoisotopic (exact) mass is 326 g/mol. The van der Waals surface area contributed by atoms with Crippen LogP contribution in [0, 0.1) is 0 Å². The molecule has 1 aromatic carbocycles. The summed E-state index contributed by atoms with van der Waals surface area (Å²) in [5, 5.41) is -0.815. The Bertz CT molecular complexity index is 556. The molecule has 0 saturated heterocycles. The molecule has 1 aromatic rings. The van der Waals surface area contributed by atoms with Gasteiger partial charge in [0.1, 0.15) is 5.25 Å². The lowest BCUT2D eigenvalue weighted by molar-refractivity contribution is 0.456. The number of hydrogen-bond donors (Lipinski definition) is 1. The molecule has 1 N–H and O–H groups in total. The van der Waals surface area contributed by atoms with Crippen LogP contribution in [0.5, 0.6) is 0 Å². The lowest BCUT2D eigenvalue weighted by Crippen LogP contribution is -2.20. The van der Waals surface area contributed by atoms with E-state index >= 15 is 0 Å². The second-order valence-corrected chi connectivity index (χ2v) is 8.64. The lowest BCUT2D eigenvalue weighted by atomic mass is 9.82. The number of benzene rings is 1. The molecule has 0 radical (unpaired) electrons. The van der Waals surface area contributed by atoms with Gasteiger partial charge < -0.3 is 0 Å². The Morgan fingerprint density at radius 1 is 1.05 bits per heavy atom. The van der Waals surface area contributed by atoms with E-state index in [1.807, 2.05) is 24.3 Å². The van der Waals surface area contributed by atoms with Crippen molar-refractivity contribution in [3.05, 3.63) is 35.4 Å². The standard InChI is InChI=1S/C18H30O3S/c1-5-6-7-8-9-14-17(22(19,20)21)15-12-10-11-13-16(15)18(2,3)4/h10-13,17H,5-9,14H2,1-4H3,(H,19,20,21).